The van der Waals surface area contributed by atoms with Crippen LogP contribution in [-0.2, 0) is 9.59 Å². The van der Waals surface area contributed by atoms with Gasteiger partial charge in [-0.3, -0.25) is 14.9 Å². The van der Waals surface area contributed by atoms with Crippen LogP contribution < -0.4 is 10.6 Å². The van der Waals surface area contributed by atoms with Crippen LogP contribution in [0.5, 0.6) is 0 Å². The summed E-state index contributed by atoms with van der Waals surface area (Å²) in [4.78, 5) is 25.9. The molecule has 0 saturated carbocycles. The van der Waals surface area contributed by atoms with E-state index in [1.54, 1.807) is 18.7 Å². The molecule has 2 fully saturated rings. The van der Waals surface area contributed by atoms with Gasteiger partial charge in [-0.15, -0.1) is 24.2 Å². The summed E-state index contributed by atoms with van der Waals surface area (Å²) in [6, 6.07) is -0.561. The normalized spacial score (nSPS) is 24.5. The summed E-state index contributed by atoms with van der Waals surface area (Å²) < 4.78 is 0. The average molecular weight is 308 g/mol. The first-order valence-corrected chi connectivity index (χ1v) is 7.74. The van der Waals surface area contributed by atoms with E-state index in [1.807, 2.05) is 4.90 Å². The van der Waals surface area contributed by atoms with Crippen LogP contribution in [0.3, 0.4) is 0 Å². The van der Waals surface area contributed by atoms with E-state index in [-0.39, 0.29) is 30.3 Å². The van der Waals surface area contributed by atoms with E-state index in [1.165, 1.54) is 6.42 Å². The largest absolute Gasteiger partial charge is 0.343 e. The average Bonchev–Trinajstić information content (AvgIpc) is 2.92. The molecule has 2 amide bonds. The lowest BCUT2D eigenvalue weighted by atomic mass is 10.1. The molecule has 7 heteroatoms. The van der Waals surface area contributed by atoms with Gasteiger partial charge in [0.15, 0.2) is 0 Å². The van der Waals surface area contributed by atoms with Crippen LogP contribution in [0.15, 0.2) is 0 Å². The van der Waals surface area contributed by atoms with Crippen LogP contribution >= 0.6 is 24.2 Å². The molecule has 0 spiro atoms. The number of hydrogen-bond donors (Lipinski definition) is 2. The molecule has 0 radical (unpaired) electrons. The number of amides is 2. The molecule has 2 N–H and O–H groups in total. The van der Waals surface area contributed by atoms with Gasteiger partial charge in [-0.2, -0.15) is 0 Å². The van der Waals surface area contributed by atoms with E-state index in [9.17, 15) is 9.59 Å². The van der Waals surface area contributed by atoms with Crippen molar-refractivity contribution >= 4 is 36.0 Å². The number of nitrogens with one attached hydrogen (secondary N) is 2. The van der Waals surface area contributed by atoms with E-state index in [0.717, 1.165) is 37.6 Å². The Labute approximate surface area is 124 Å². The summed E-state index contributed by atoms with van der Waals surface area (Å²) in [5.41, 5.74) is 0. The number of thioether (sulfide) groups is 1. The third-order valence-corrected chi connectivity index (χ3v) is 4.37. The number of piperidine rings is 1. The van der Waals surface area contributed by atoms with Gasteiger partial charge in [-0.05, 0) is 26.2 Å². The third kappa shape index (κ3) is 4.54. The minimum Gasteiger partial charge on any atom is -0.343 e. The van der Waals surface area contributed by atoms with Crippen LogP contribution in [0, 0.1) is 0 Å². The summed E-state index contributed by atoms with van der Waals surface area (Å²) in [5.74, 6) is 1.59. The van der Waals surface area contributed by atoms with Crippen molar-refractivity contribution in [1.29, 1.82) is 0 Å². The third-order valence-electron chi connectivity index (χ3n) is 3.43. The van der Waals surface area contributed by atoms with Gasteiger partial charge < -0.3 is 10.2 Å². The maximum absolute atomic E-state index is 12.1. The predicted molar refractivity (Wildman–Crippen MR) is 79.5 cm³/mol. The molecule has 2 aliphatic rings. The van der Waals surface area contributed by atoms with Crippen LogP contribution in [0.1, 0.15) is 26.2 Å². The number of likely N-dealkylation sites (tertiary alicyclic amines) is 1. The summed E-state index contributed by atoms with van der Waals surface area (Å²) in [5, 5.41) is 5.92. The number of nitrogens with zero attached hydrogens (tertiary/aromatic N) is 1. The molecule has 19 heavy (non-hydrogen) atoms. The molecule has 5 nitrogen and oxygen atoms in total. The van der Waals surface area contributed by atoms with Crippen molar-refractivity contribution in [2.24, 2.45) is 0 Å². The van der Waals surface area contributed by atoms with E-state index in [4.69, 9.17) is 0 Å². The molecule has 0 bridgehead atoms. The fraction of sp³-hybridized carbons (Fsp3) is 0.833. The smallest absolute Gasteiger partial charge is 0.244 e. The van der Waals surface area contributed by atoms with E-state index in [0.29, 0.717) is 0 Å². The summed E-state index contributed by atoms with van der Waals surface area (Å²) in [7, 11) is 0. The molecule has 110 valence electrons. The zero-order chi connectivity index (χ0) is 13.0. The lowest BCUT2D eigenvalue weighted by Crippen LogP contribution is -2.52. The zero-order valence-electron chi connectivity index (χ0n) is 11.2. The van der Waals surface area contributed by atoms with Crippen LogP contribution in [-0.4, -0.2) is 53.5 Å². The van der Waals surface area contributed by atoms with E-state index in [2.05, 4.69) is 10.6 Å². The number of hydrogen-bond acceptors (Lipinski definition) is 4. The van der Waals surface area contributed by atoms with Crippen molar-refractivity contribution in [2.75, 3.05) is 24.7 Å². The van der Waals surface area contributed by atoms with Crippen molar-refractivity contribution in [3.8, 4) is 0 Å². The molecule has 0 aliphatic carbocycles. The van der Waals surface area contributed by atoms with Gasteiger partial charge in [0, 0.05) is 24.7 Å². The molecule has 2 saturated heterocycles. The van der Waals surface area contributed by atoms with Gasteiger partial charge in [-0.1, -0.05) is 0 Å². The molecule has 2 aliphatic heterocycles. The van der Waals surface area contributed by atoms with Crippen molar-refractivity contribution in [2.45, 2.75) is 38.3 Å². The van der Waals surface area contributed by atoms with Gasteiger partial charge in [0.05, 0.1) is 6.04 Å². The monoisotopic (exact) mass is 307 g/mol. The maximum atomic E-state index is 12.1. The fourth-order valence-corrected chi connectivity index (χ4v) is 3.27. The molecular weight excluding hydrogens is 286 g/mol. The Balaban J connectivity index is 0.00000180. The number of carbonyl (C=O) groups is 2. The Morgan fingerprint density at radius 3 is 2.58 bits per heavy atom. The van der Waals surface area contributed by atoms with Gasteiger partial charge >= 0.3 is 0 Å². The predicted octanol–water partition coefficient (Wildman–Crippen LogP) is 0.588. The molecule has 0 aromatic heterocycles. The SMILES string of the molecule is CC(NC(=O)C1CSCN1)C(=O)N1CCCCC1.Cl. The highest BCUT2D eigenvalue weighted by Gasteiger charge is 2.27. The topological polar surface area (TPSA) is 61.4 Å². The van der Waals surface area contributed by atoms with Gasteiger partial charge in [0.1, 0.15) is 6.04 Å². The number of rotatable bonds is 3. The highest BCUT2D eigenvalue weighted by molar-refractivity contribution is 7.99. The van der Waals surface area contributed by atoms with Crippen LogP contribution in [0.25, 0.3) is 0 Å². The summed E-state index contributed by atoms with van der Waals surface area (Å²) in [6.07, 6.45) is 3.36. The molecule has 2 atom stereocenters. The van der Waals surface area contributed by atoms with Crippen molar-refractivity contribution in [1.82, 2.24) is 15.5 Å². The Bertz CT molecular complexity index is 318. The lowest BCUT2D eigenvalue weighted by Gasteiger charge is -2.29. The Morgan fingerprint density at radius 1 is 1.32 bits per heavy atom. The first-order chi connectivity index (χ1) is 8.68. The van der Waals surface area contributed by atoms with Gasteiger partial charge in [0.2, 0.25) is 11.8 Å². The zero-order valence-corrected chi connectivity index (χ0v) is 12.8. The van der Waals surface area contributed by atoms with Crippen molar-refractivity contribution in [3.63, 3.8) is 0 Å². The molecule has 2 rings (SSSR count). The Hall–Kier alpha value is -0.460. The second-order valence-electron chi connectivity index (χ2n) is 4.89. The Morgan fingerprint density at radius 2 is 2.00 bits per heavy atom. The minimum absolute atomic E-state index is 0. The van der Waals surface area contributed by atoms with Crippen molar-refractivity contribution < 1.29 is 9.59 Å². The summed E-state index contributed by atoms with van der Waals surface area (Å²) in [6.45, 7) is 3.43. The number of halogens is 1. The van der Waals surface area contributed by atoms with E-state index >= 15 is 0 Å². The first kappa shape index (κ1) is 16.6. The first-order valence-electron chi connectivity index (χ1n) is 6.59. The molecular formula is C12H22ClN3O2S. The highest BCUT2D eigenvalue weighted by atomic mass is 35.5. The number of carbonyl (C=O) groups excluding carboxylic acids is 2. The van der Waals surface area contributed by atoms with Gasteiger partial charge in [-0.25, -0.2) is 0 Å². The Kier molecular flexibility index (Phi) is 6.96. The summed E-state index contributed by atoms with van der Waals surface area (Å²) >= 11 is 1.71. The standard InChI is InChI=1S/C12H21N3O2S.ClH/c1-9(12(17)15-5-3-2-4-6-15)14-11(16)10-7-18-8-13-10;/h9-10,13H,2-8H2,1H3,(H,14,16);1H. The maximum Gasteiger partial charge on any atom is 0.244 e. The van der Waals surface area contributed by atoms with Gasteiger partial charge in [0.25, 0.3) is 0 Å². The van der Waals surface area contributed by atoms with Crippen LogP contribution in [0.2, 0.25) is 0 Å². The second-order valence-corrected chi connectivity index (χ2v) is 5.92. The lowest BCUT2D eigenvalue weighted by molar-refractivity contribution is -0.137. The fourth-order valence-electron chi connectivity index (χ4n) is 2.33. The van der Waals surface area contributed by atoms with Crippen molar-refractivity contribution in [3.05, 3.63) is 0 Å². The molecule has 2 unspecified atom stereocenters. The van der Waals surface area contributed by atoms with E-state index < -0.39 is 6.04 Å². The highest BCUT2D eigenvalue weighted by Crippen LogP contribution is 2.11. The molecule has 0 aromatic carbocycles. The molecule has 0 aromatic rings. The quantitative estimate of drug-likeness (QED) is 0.801. The minimum atomic E-state index is -0.414. The van der Waals surface area contributed by atoms with Crippen LogP contribution in [0.4, 0.5) is 0 Å². The molecule has 2 heterocycles. The second kappa shape index (κ2) is 7.97.